The summed E-state index contributed by atoms with van der Waals surface area (Å²) in [6.07, 6.45) is 4.66. The quantitative estimate of drug-likeness (QED) is 0.373. The molecule has 31 heavy (non-hydrogen) atoms. The molecule has 5 heterocycles. The lowest BCUT2D eigenvalue weighted by Gasteiger charge is -2.01. The first kappa shape index (κ1) is 18.0. The Bertz CT molecular complexity index is 1530. The number of aryl methyl sites for hydroxylation is 1. The van der Waals surface area contributed by atoms with E-state index < -0.39 is 0 Å². The van der Waals surface area contributed by atoms with Gasteiger partial charge in [0.2, 0.25) is 0 Å². The number of aromatic amines is 2. The summed E-state index contributed by atoms with van der Waals surface area (Å²) in [5, 5.41) is 8.66. The van der Waals surface area contributed by atoms with Crippen LogP contribution in [0.15, 0.2) is 67.0 Å². The van der Waals surface area contributed by atoms with Crippen LogP contribution in [0, 0.1) is 0 Å². The normalized spacial score (nSPS) is 11.5. The summed E-state index contributed by atoms with van der Waals surface area (Å²) in [5.41, 5.74) is 6.40. The second-order valence-electron chi connectivity index (χ2n) is 7.31. The van der Waals surface area contributed by atoms with Gasteiger partial charge in [0, 0.05) is 38.7 Å². The van der Waals surface area contributed by atoms with E-state index >= 15 is 0 Å². The van der Waals surface area contributed by atoms with E-state index in [9.17, 15) is 0 Å². The highest BCUT2D eigenvalue weighted by atomic mass is 32.1. The van der Waals surface area contributed by atoms with Crippen LogP contribution in [0.3, 0.4) is 0 Å². The number of fused-ring (bicyclic) bond motifs is 2. The molecule has 6 nitrogen and oxygen atoms in total. The predicted molar refractivity (Wildman–Crippen MR) is 125 cm³/mol. The maximum atomic E-state index is 4.91. The summed E-state index contributed by atoms with van der Waals surface area (Å²) in [6.45, 7) is 2.17. The van der Waals surface area contributed by atoms with Crippen LogP contribution in [0.2, 0.25) is 0 Å². The van der Waals surface area contributed by atoms with Gasteiger partial charge in [0.15, 0.2) is 11.5 Å². The zero-order valence-corrected chi connectivity index (χ0v) is 17.6. The van der Waals surface area contributed by atoms with Crippen LogP contribution in [0.1, 0.15) is 11.8 Å². The van der Waals surface area contributed by atoms with E-state index in [1.165, 1.54) is 9.75 Å². The minimum atomic E-state index is 0.701. The molecule has 0 spiro atoms. The molecule has 0 aliphatic carbocycles. The van der Waals surface area contributed by atoms with Crippen molar-refractivity contribution in [1.82, 2.24) is 30.1 Å². The topological polar surface area (TPSA) is 83.1 Å². The number of nitrogens with one attached hydrogen (secondary N) is 2. The van der Waals surface area contributed by atoms with Crippen LogP contribution in [0.5, 0.6) is 0 Å². The summed E-state index contributed by atoms with van der Waals surface area (Å²) >= 11 is 1.80. The molecule has 0 aliphatic heterocycles. The van der Waals surface area contributed by atoms with Crippen LogP contribution in [-0.4, -0.2) is 30.1 Å². The Morgan fingerprint density at radius 2 is 1.94 bits per heavy atom. The first-order valence-electron chi connectivity index (χ1n) is 10.1. The van der Waals surface area contributed by atoms with E-state index in [0.717, 1.165) is 51.0 Å². The number of H-pyrrole nitrogens is 2. The van der Waals surface area contributed by atoms with Gasteiger partial charge >= 0.3 is 0 Å². The zero-order valence-electron chi connectivity index (χ0n) is 16.8. The van der Waals surface area contributed by atoms with Gasteiger partial charge in [0.1, 0.15) is 11.2 Å². The molecule has 0 amide bonds. The molecule has 0 bridgehead atoms. The van der Waals surface area contributed by atoms with Crippen molar-refractivity contribution in [3.8, 4) is 33.2 Å². The predicted octanol–water partition coefficient (Wildman–Crippen LogP) is 5.85. The summed E-state index contributed by atoms with van der Waals surface area (Å²) in [4.78, 5) is 19.8. The van der Waals surface area contributed by atoms with Gasteiger partial charge < -0.3 is 4.98 Å². The van der Waals surface area contributed by atoms with E-state index in [1.807, 2.05) is 42.6 Å². The third kappa shape index (κ3) is 3.02. The molecular weight excluding hydrogens is 404 g/mol. The molecule has 0 saturated carbocycles. The largest absolute Gasteiger partial charge is 0.321 e. The van der Waals surface area contributed by atoms with Crippen LogP contribution in [0.25, 0.3) is 55.3 Å². The van der Waals surface area contributed by atoms with Gasteiger partial charge in [-0.05, 0) is 48.9 Å². The number of imidazole rings is 1. The maximum Gasteiger partial charge on any atom is 0.160 e. The van der Waals surface area contributed by atoms with Crippen molar-refractivity contribution < 1.29 is 0 Å². The Morgan fingerprint density at radius 3 is 2.77 bits per heavy atom. The van der Waals surface area contributed by atoms with E-state index in [0.29, 0.717) is 5.82 Å². The number of benzene rings is 1. The third-order valence-electron chi connectivity index (χ3n) is 5.41. The van der Waals surface area contributed by atoms with Crippen molar-refractivity contribution in [3.05, 3.63) is 71.9 Å². The summed E-state index contributed by atoms with van der Waals surface area (Å²) in [5.74, 6) is 0.701. The molecule has 5 aromatic heterocycles. The Hall–Kier alpha value is -3.84. The highest BCUT2D eigenvalue weighted by Gasteiger charge is 2.17. The van der Waals surface area contributed by atoms with Crippen LogP contribution >= 0.6 is 11.3 Å². The van der Waals surface area contributed by atoms with E-state index in [1.54, 1.807) is 17.5 Å². The molecule has 0 radical (unpaired) electrons. The summed E-state index contributed by atoms with van der Waals surface area (Å²) in [7, 11) is 0. The van der Waals surface area contributed by atoms with Crippen molar-refractivity contribution in [2.75, 3.05) is 0 Å². The van der Waals surface area contributed by atoms with E-state index in [2.05, 4.69) is 50.3 Å². The number of hydrogen-bond donors (Lipinski definition) is 2. The zero-order chi connectivity index (χ0) is 20.8. The minimum Gasteiger partial charge on any atom is -0.321 e. The van der Waals surface area contributed by atoms with Gasteiger partial charge in [0.25, 0.3) is 0 Å². The molecule has 6 rings (SSSR count). The van der Waals surface area contributed by atoms with Gasteiger partial charge in [-0.1, -0.05) is 19.1 Å². The monoisotopic (exact) mass is 422 g/mol. The van der Waals surface area contributed by atoms with Gasteiger partial charge in [-0.3, -0.25) is 10.1 Å². The average molecular weight is 423 g/mol. The van der Waals surface area contributed by atoms with Crippen molar-refractivity contribution in [1.29, 1.82) is 0 Å². The number of nitrogens with zero attached hydrogens (tertiary/aromatic N) is 4. The van der Waals surface area contributed by atoms with Crippen molar-refractivity contribution in [2.24, 2.45) is 0 Å². The first-order valence-corrected chi connectivity index (χ1v) is 11.0. The van der Waals surface area contributed by atoms with Crippen LogP contribution in [0.4, 0.5) is 0 Å². The third-order valence-corrected chi connectivity index (χ3v) is 6.67. The number of hydrogen-bond acceptors (Lipinski definition) is 5. The fraction of sp³-hybridized carbons (Fsp3) is 0.0833. The molecule has 2 N–H and O–H groups in total. The summed E-state index contributed by atoms with van der Waals surface area (Å²) < 4.78 is 0. The molecule has 0 fully saturated rings. The molecule has 1 aromatic carbocycles. The van der Waals surface area contributed by atoms with Gasteiger partial charge in [0.05, 0.1) is 11.2 Å². The Balaban J connectivity index is 1.50. The van der Waals surface area contributed by atoms with E-state index in [4.69, 9.17) is 4.98 Å². The van der Waals surface area contributed by atoms with E-state index in [-0.39, 0.29) is 0 Å². The number of rotatable bonds is 4. The minimum absolute atomic E-state index is 0.701. The first-order chi connectivity index (χ1) is 15.3. The Kier molecular flexibility index (Phi) is 4.14. The van der Waals surface area contributed by atoms with Crippen molar-refractivity contribution >= 4 is 33.4 Å². The highest BCUT2D eigenvalue weighted by Crippen LogP contribution is 2.34. The van der Waals surface area contributed by atoms with Gasteiger partial charge in [-0.2, -0.15) is 5.10 Å². The molecule has 7 heteroatoms. The molecule has 0 unspecified atom stereocenters. The number of pyridine rings is 2. The number of thiophene rings is 1. The summed E-state index contributed by atoms with van der Waals surface area (Å²) in [6, 6.07) is 18.5. The smallest absolute Gasteiger partial charge is 0.160 e. The van der Waals surface area contributed by atoms with Gasteiger partial charge in [-0.15, -0.1) is 11.3 Å². The lowest BCUT2D eigenvalue weighted by atomic mass is 10.1. The fourth-order valence-corrected chi connectivity index (χ4v) is 4.80. The lowest BCUT2D eigenvalue weighted by molar-refractivity contribution is 1.10. The molecule has 150 valence electrons. The van der Waals surface area contributed by atoms with Crippen LogP contribution < -0.4 is 0 Å². The molecular formula is C24H18N6S. The highest BCUT2D eigenvalue weighted by molar-refractivity contribution is 7.15. The molecule has 0 aliphatic rings. The molecule has 0 atom stereocenters. The second kappa shape index (κ2) is 7.14. The second-order valence-corrected chi connectivity index (χ2v) is 8.48. The lowest BCUT2D eigenvalue weighted by Crippen LogP contribution is -1.84. The SMILES string of the molecule is CCc1ccc(-c2ccnc3[nH]c(-c4n[nH]c5ccc(-c6ccccn6)cc45)nc23)s1. The number of aromatic nitrogens is 6. The van der Waals surface area contributed by atoms with Gasteiger partial charge in [-0.25, -0.2) is 9.97 Å². The molecule has 0 saturated heterocycles. The van der Waals surface area contributed by atoms with Crippen LogP contribution in [-0.2, 0) is 6.42 Å². The maximum absolute atomic E-state index is 4.91. The van der Waals surface area contributed by atoms with Crippen molar-refractivity contribution in [2.45, 2.75) is 13.3 Å². The van der Waals surface area contributed by atoms with Crippen molar-refractivity contribution in [3.63, 3.8) is 0 Å². The Labute approximate surface area is 182 Å². The average Bonchev–Trinajstić information content (AvgIpc) is 3.56. The standard InChI is InChI=1S/C24H18N6S/c1-2-15-7-9-20(31-15)16-10-12-26-23-21(16)27-24(28-23)22-17-13-14(6-8-19(17)29-30-22)18-5-3-4-11-25-18/h3-13H,2H2,1H3,(H,29,30)(H,26,27,28). The fourth-order valence-electron chi connectivity index (χ4n) is 3.82. The molecule has 6 aromatic rings. The Morgan fingerprint density at radius 1 is 0.968 bits per heavy atom.